The minimum Gasteiger partial charge on any atom is -0.457 e. The summed E-state index contributed by atoms with van der Waals surface area (Å²) in [6.07, 6.45) is -0.170. The molecular weight excluding hydrogens is 438 g/mol. The molecule has 0 atom stereocenters. The molecule has 2 heterocycles. The van der Waals surface area contributed by atoms with E-state index in [4.69, 9.17) is 16.3 Å². The first-order valence-electron chi connectivity index (χ1n) is 8.57. The smallest absolute Gasteiger partial charge is 0.307 e. The van der Waals surface area contributed by atoms with E-state index in [0.29, 0.717) is 15.2 Å². The van der Waals surface area contributed by atoms with Crippen molar-refractivity contribution in [2.24, 2.45) is 0 Å². The predicted octanol–water partition coefficient (Wildman–Crippen LogP) is 2.67. The molecule has 0 radical (unpaired) electrons. The van der Waals surface area contributed by atoms with Crippen LogP contribution in [0.2, 0.25) is 5.02 Å². The Bertz CT molecular complexity index is 1220. The van der Waals surface area contributed by atoms with Crippen molar-refractivity contribution in [1.82, 2.24) is 14.7 Å². The molecule has 11 heteroatoms. The summed E-state index contributed by atoms with van der Waals surface area (Å²) in [6, 6.07) is 5.67. The van der Waals surface area contributed by atoms with Crippen molar-refractivity contribution < 1.29 is 17.9 Å². The Balaban J connectivity index is 1.54. The molecule has 2 N–H and O–H groups in total. The molecule has 29 heavy (non-hydrogen) atoms. The van der Waals surface area contributed by atoms with E-state index in [2.05, 4.69) is 14.7 Å². The zero-order chi connectivity index (χ0) is 21.2. The Hall–Kier alpha value is -2.27. The van der Waals surface area contributed by atoms with Gasteiger partial charge in [0.2, 0.25) is 10.0 Å². The molecule has 1 aromatic carbocycles. The minimum atomic E-state index is -3.75. The Morgan fingerprint density at radius 1 is 1.28 bits per heavy atom. The number of nitrogens with one attached hydrogen (secondary N) is 2. The second kappa shape index (κ2) is 8.62. The van der Waals surface area contributed by atoms with Crippen LogP contribution in [0.3, 0.4) is 0 Å². The van der Waals surface area contributed by atoms with E-state index in [1.165, 1.54) is 35.6 Å². The van der Waals surface area contributed by atoms with Crippen molar-refractivity contribution in [3.05, 3.63) is 55.9 Å². The highest BCUT2D eigenvalue weighted by Gasteiger charge is 2.15. The number of fused-ring (bicyclic) bond motifs is 1. The average Bonchev–Trinajstić information content (AvgIpc) is 2.94. The molecule has 0 amide bonds. The minimum absolute atomic E-state index is 0.0480. The third kappa shape index (κ3) is 5.02. The highest BCUT2D eigenvalue weighted by Crippen LogP contribution is 2.25. The number of thiophene rings is 1. The van der Waals surface area contributed by atoms with Gasteiger partial charge in [-0.2, -0.15) is 0 Å². The molecule has 0 aliphatic rings. The summed E-state index contributed by atoms with van der Waals surface area (Å²) in [7, 11) is -3.75. The van der Waals surface area contributed by atoms with Crippen molar-refractivity contribution in [3.8, 4) is 0 Å². The molecule has 3 aromatic rings. The van der Waals surface area contributed by atoms with Gasteiger partial charge in [-0.25, -0.2) is 18.1 Å². The molecule has 0 fully saturated rings. The number of esters is 1. The first kappa shape index (κ1) is 21.4. The van der Waals surface area contributed by atoms with Crippen LogP contribution in [-0.2, 0) is 26.2 Å². The standard InChI is InChI=1S/C18H18ClN3O5S2/c1-10-11(2)28-18-16(10)17(24)21-14(22-18)9-27-15(23)7-8-20-29(25,26)13-5-3-12(19)4-6-13/h3-6,20H,7-9H2,1-2H3,(H,21,22,24). The number of carbonyl (C=O) groups excluding carboxylic acids is 1. The number of hydrogen-bond acceptors (Lipinski definition) is 7. The number of benzene rings is 1. The van der Waals surface area contributed by atoms with Gasteiger partial charge < -0.3 is 9.72 Å². The lowest BCUT2D eigenvalue weighted by Gasteiger charge is -2.07. The Morgan fingerprint density at radius 3 is 2.66 bits per heavy atom. The van der Waals surface area contributed by atoms with E-state index in [1.54, 1.807) is 0 Å². The summed E-state index contributed by atoms with van der Waals surface area (Å²) in [4.78, 5) is 32.7. The zero-order valence-corrected chi connectivity index (χ0v) is 18.0. The molecule has 0 saturated carbocycles. The molecule has 8 nitrogen and oxygen atoms in total. The Labute approximate surface area is 175 Å². The van der Waals surface area contributed by atoms with Crippen molar-refractivity contribution in [3.63, 3.8) is 0 Å². The van der Waals surface area contributed by atoms with Crippen molar-refractivity contribution in [1.29, 1.82) is 0 Å². The highest BCUT2D eigenvalue weighted by atomic mass is 35.5. The fraction of sp³-hybridized carbons (Fsp3) is 0.278. The maximum atomic E-state index is 12.2. The molecule has 0 bridgehead atoms. The molecule has 0 aliphatic carbocycles. The fourth-order valence-corrected chi connectivity index (χ4v) is 4.78. The van der Waals surface area contributed by atoms with Crippen LogP contribution in [0.5, 0.6) is 0 Å². The number of aromatic nitrogens is 2. The van der Waals surface area contributed by atoms with E-state index in [9.17, 15) is 18.0 Å². The van der Waals surface area contributed by atoms with Gasteiger partial charge in [0.15, 0.2) is 0 Å². The van der Waals surface area contributed by atoms with Crippen LogP contribution in [0.4, 0.5) is 0 Å². The number of nitrogens with zero attached hydrogens (tertiary/aromatic N) is 1. The monoisotopic (exact) mass is 455 g/mol. The number of aromatic amines is 1. The summed E-state index contributed by atoms with van der Waals surface area (Å²) in [5.74, 6) is -0.385. The van der Waals surface area contributed by atoms with Crippen LogP contribution in [0, 0.1) is 13.8 Å². The second-order valence-electron chi connectivity index (χ2n) is 6.24. The van der Waals surface area contributed by atoms with Crippen LogP contribution in [0.25, 0.3) is 10.2 Å². The number of ether oxygens (including phenoxy) is 1. The Kier molecular flexibility index (Phi) is 6.37. The highest BCUT2D eigenvalue weighted by molar-refractivity contribution is 7.89. The molecule has 3 rings (SSSR count). The number of hydrogen-bond donors (Lipinski definition) is 2. The van der Waals surface area contributed by atoms with Gasteiger partial charge in [-0.3, -0.25) is 9.59 Å². The summed E-state index contributed by atoms with van der Waals surface area (Å²) in [6.45, 7) is 3.43. The number of rotatable bonds is 7. The zero-order valence-electron chi connectivity index (χ0n) is 15.6. The predicted molar refractivity (Wildman–Crippen MR) is 111 cm³/mol. The molecule has 154 valence electrons. The number of halogens is 1. The average molecular weight is 456 g/mol. The van der Waals surface area contributed by atoms with Crippen LogP contribution < -0.4 is 10.3 Å². The SMILES string of the molecule is Cc1sc2nc(COC(=O)CCNS(=O)(=O)c3ccc(Cl)cc3)[nH]c(=O)c2c1C. The van der Waals surface area contributed by atoms with Gasteiger partial charge in [0.25, 0.3) is 5.56 Å². The lowest BCUT2D eigenvalue weighted by molar-refractivity contribution is -0.145. The van der Waals surface area contributed by atoms with E-state index in [1.807, 2.05) is 13.8 Å². The maximum absolute atomic E-state index is 12.2. The molecule has 0 unspecified atom stereocenters. The van der Waals surface area contributed by atoms with Crippen molar-refractivity contribution in [2.75, 3.05) is 6.54 Å². The van der Waals surface area contributed by atoms with Crippen LogP contribution in [0.15, 0.2) is 34.0 Å². The van der Waals surface area contributed by atoms with Gasteiger partial charge in [0.1, 0.15) is 17.3 Å². The number of sulfonamides is 1. The van der Waals surface area contributed by atoms with Gasteiger partial charge in [0.05, 0.1) is 16.7 Å². The number of carbonyl (C=O) groups is 1. The Morgan fingerprint density at radius 2 is 1.97 bits per heavy atom. The van der Waals surface area contributed by atoms with E-state index in [0.717, 1.165) is 10.4 Å². The van der Waals surface area contributed by atoms with Crippen LogP contribution in [0.1, 0.15) is 22.7 Å². The van der Waals surface area contributed by atoms with E-state index < -0.39 is 16.0 Å². The molecule has 0 spiro atoms. The normalized spacial score (nSPS) is 11.7. The molecule has 0 aliphatic heterocycles. The summed E-state index contributed by atoms with van der Waals surface area (Å²) in [5, 5.41) is 0.962. The third-order valence-corrected chi connectivity index (χ3v) is 7.03. The van der Waals surface area contributed by atoms with Gasteiger partial charge in [-0.05, 0) is 43.7 Å². The quantitative estimate of drug-likeness (QED) is 0.529. The largest absolute Gasteiger partial charge is 0.457 e. The molecular formula is C18H18ClN3O5S2. The summed E-state index contributed by atoms with van der Waals surface area (Å²) >= 11 is 7.14. The van der Waals surface area contributed by atoms with Gasteiger partial charge in [-0.15, -0.1) is 11.3 Å². The van der Waals surface area contributed by atoms with Gasteiger partial charge >= 0.3 is 5.97 Å². The topological polar surface area (TPSA) is 118 Å². The van der Waals surface area contributed by atoms with Crippen LogP contribution in [-0.4, -0.2) is 30.9 Å². The van der Waals surface area contributed by atoms with Gasteiger partial charge in [0, 0.05) is 16.4 Å². The van der Waals surface area contributed by atoms with Crippen LogP contribution >= 0.6 is 22.9 Å². The lowest BCUT2D eigenvalue weighted by Crippen LogP contribution is -2.26. The lowest BCUT2D eigenvalue weighted by atomic mass is 10.2. The van der Waals surface area contributed by atoms with Crippen molar-refractivity contribution in [2.45, 2.75) is 31.8 Å². The summed E-state index contributed by atoms with van der Waals surface area (Å²) < 4.78 is 31.7. The fourth-order valence-electron chi connectivity index (χ4n) is 2.57. The first-order valence-corrected chi connectivity index (χ1v) is 11.2. The van der Waals surface area contributed by atoms with E-state index in [-0.39, 0.29) is 35.9 Å². The second-order valence-corrected chi connectivity index (χ2v) is 9.64. The number of aryl methyl sites for hydroxylation is 2. The molecule has 0 saturated heterocycles. The van der Waals surface area contributed by atoms with Gasteiger partial charge in [-0.1, -0.05) is 11.6 Å². The maximum Gasteiger partial charge on any atom is 0.307 e. The molecule has 2 aromatic heterocycles. The third-order valence-electron chi connectivity index (χ3n) is 4.20. The summed E-state index contributed by atoms with van der Waals surface area (Å²) in [5.41, 5.74) is 0.605. The first-order chi connectivity index (χ1) is 13.7. The van der Waals surface area contributed by atoms with E-state index >= 15 is 0 Å². The van der Waals surface area contributed by atoms with Crippen molar-refractivity contribution >= 4 is 49.1 Å². The number of H-pyrrole nitrogens is 1.